The van der Waals surface area contributed by atoms with E-state index >= 15 is 0 Å². The number of hydrogen-bond acceptors (Lipinski definition) is 3. The quantitative estimate of drug-likeness (QED) is 0.506. The van der Waals surface area contributed by atoms with E-state index in [2.05, 4.69) is 20.7 Å². The van der Waals surface area contributed by atoms with Gasteiger partial charge in [-0.2, -0.15) is 0 Å². The van der Waals surface area contributed by atoms with Gasteiger partial charge in [0.05, 0.1) is 5.69 Å². The van der Waals surface area contributed by atoms with Gasteiger partial charge >= 0.3 is 0 Å². The van der Waals surface area contributed by atoms with Crippen LogP contribution in [0.15, 0.2) is 45.8 Å². The zero-order valence-corrected chi connectivity index (χ0v) is 15.2. The van der Waals surface area contributed by atoms with E-state index in [-0.39, 0.29) is 4.90 Å². The van der Waals surface area contributed by atoms with Crippen molar-refractivity contribution in [3.05, 3.63) is 49.5 Å². The molecule has 8 heteroatoms. The molecule has 4 nitrogen and oxygen atoms in total. The Morgan fingerprint density at radius 1 is 1.20 bits per heavy atom. The fourth-order valence-electron chi connectivity index (χ4n) is 1.50. The van der Waals surface area contributed by atoms with Crippen molar-refractivity contribution in [3.63, 3.8) is 0 Å². The SMILES string of the molecule is Nc1ccc(Br)c(S(=O)(=O)Nc2ccc(Cl)cc2I)c1. The summed E-state index contributed by atoms with van der Waals surface area (Å²) in [6, 6.07) is 9.52. The van der Waals surface area contributed by atoms with Gasteiger partial charge in [-0.15, -0.1) is 0 Å². The minimum atomic E-state index is -3.73. The number of hydrogen-bond donors (Lipinski definition) is 2. The number of nitrogen functional groups attached to an aromatic ring is 1. The van der Waals surface area contributed by atoms with Gasteiger partial charge in [-0.3, -0.25) is 4.72 Å². The van der Waals surface area contributed by atoms with Gasteiger partial charge < -0.3 is 5.73 Å². The monoisotopic (exact) mass is 486 g/mol. The minimum Gasteiger partial charge on any atom is -0.399 e. The Labute approximate surface area is 144 Å². The maximum Gasteiger partial charge on any atom is 0.263 e. The van der Waals surface area contributed by atoms with E-state index in [1.165, 1.54) is 6.07 Å². The molecule has 0 saturated heterocycles. The first-order valence-corrected chi connectivity index (χ1v) is 9.06. The number of benzene rings is 2. The van der Waals surface area contributed by atoms with Crippen LogP contribution >= 0.6 is 50.1 Å². The molecule has 0 heterocycles. The Hall–Kier alpha value is -0.510. The third kappa shape index (κ3) is 3.57. The van der Waals surface area contributed by atoms with Crippen LogP contribution in [0.5, 0.6) is 0 Å². The highest BCUT2D eigenvalue weighted by Crippen LogP contribution is 2.28. The van der Waals surface area contributed by atoms with Crippen LogP contribution in [-0.2, 0) is 10.0 Å². The average molecular weight is 488 g/mol. The summed E-state index contributed by atoms with van der Waals surface area (Å²) < 4.78 is 28.4. The second-order valence-electron chi connectivity index (χ2n) is 3.92. The first kappa shape index (κ1) is 15.9. The smallest absolute Gasteiger partial charge is 0.263 e. The maximum atomic E-state index is 12.4. The molecular formula is C12H9BrClIN2O2S. The molecule has 0 aromatic heterocycles. The highest BCUT2D eigenvalue weighted by atomic mass is 127. The second-order valence-corrected chi connectivity index (χ2v) is 8.02. The Morgan fingerprint density at radius 3 is 2.55 bits per heavy atom. The number of sulfonamides is 1. The largest absolute Gasteiger partial charge is 0.399 e. The predicted octanol–water partition coefficient (Wildman–Crippen LogP) is 4.09. The van der Waals surface area contributed by atoms with Crippen LogP contribution in [0.3, 0.4) is 0 Å². The van der Waals surface area contributed by atoms with Crippen molar-refractivity contribution in [2.75, 3.05) is 10.5 Å². The third-order valence-electron chi connectivity index (χ3n) is 2.42. The molecule has 0 fully saturated rings. The van der Waals surface area contributed by atoms with Crippen LogP contribution in [-0.4, -0.2) is 8.42 Å². The van der Waals surface area contributed by atoms with Gasteiger partial charge in [-0.25, -0.2) is 8.42 Å². The average Bonchev–Trinajstić information content (AvgIpc) is 2.35. The maximum absolute atomic E-state index is 12.4. The number of nitrogens with one attached hydrogen (secondary N) is 1. The Kier molecular flexibility index (Phi) is 4.83. The fourth-order valence-corrected chi connectivity index (χ4v) is 4.77. The van der Waals surface area contributed by atoms with Crippen molar-refractivity contribution in [3.8, 4) is 0 Å². The van der Waals surface area contributed by atoms with Gasteiger partial charge in [0.25, 0.3) is 10.0 Å². The van der Waals surface area contributed by atoms with E-state index < -0.39 is 10.0 Å². The molecule has 0 radical (unpaired) electrons. The highest BCUT2D eigenvalue weighted by molar-refractivity contribution is 14.1. The second kappa shape index (κ2) is 6.08. The number of nitrogens with two attached hydrogens (primary N) is 1. The molecule has 0 unspecified atom stereocenters. The first-order chi connectivity index (χ1) is 9.29. The molecule has 3 N–H and O–H groups in total. The molecule has 2 aromatic carbocycles. The molecule has 0 amide bonds. The predicted molar refractivity (Wildman–Crippen MR) is 93.5 cm³/mol. The molecule has 0 aliphatic heterocycles. The summed E-state index contributed by atoms with van der Waals surface area (Å²) in [7, 11) is -3.73. The van der Waals surface area contributed by atoms with Crippen molar-refractivity contribution in [1.82, 2.24) is 0 Å². The fraction of sp³-hybridized carbons (Fsp3) is 0. The normalized spacial score (nSPS) is 11.3. The summed E-state index contributed by atoms with van der Waals surface area (Å²) in [5.41, 5.74) is 6.47. The lowest BCUT2D eigenvalue weighted by Crippen LogP contribution is -2.14. The Balaban J connectivity index is 2.43. The molecule has 106 valence electrons. The minimum absolute atomic E-state index is 0.0863. The summed E-state index contributed by atoms with van der Waals surface area (Å²) in [5.74, 6) is 0. The summed E-state index contributed by atoms with van der Waals surface area (Å²) in [6.45, 7) is 0. The topological polar surface area (TPSA) is 72.2 Å². The van der Waals surface area contributed by atoms with Gasteiger partial charge in [0.15, 0.2) is 0 Å². The molecule has 0 aliphatic rings. The molecule has 0 atom stereocenters. The molecular weight excluding hydrogens is 478 g/mol. The number of rotatable bonds is 3. The lowest BCUT2D eigenvalue weighted by Gasteiger charge is -2.11. The summed E-state index contributed by atoms with van der Waals surface area (Å²) in [6.07, 6.45) is 0. The van der Waals surface area contributed by atoms with E-state index in [1.54, 1.807) is 30.3 Å². The van der Waals surface area contributed by atoms with E-state index in [9.17, 15) is 8.42 Å². The van der Waals surface area contributed by atoms with Gasteiger partial charge in [-0.05, 0) is 74.9 Å². The van der Waals surface area contributed by atoms with Crippen LogP contribution in [0, 0.1) is 3.57 Å². The van der Waals surface area contributed by atoms with Crippen molar-refractivity contribution in [2.45, 2.75) is 4.90 Å². The van der Waals surface area contributed by atoms with E-state index in [0.29, 0.717) is 24.4 Å². The molecule has 0 aliphatic carbocycles. The molecule has 2 rings (SSSR count). The van der Waals surface area contributed by atoms with Gasteiger partial charge in [0.2, 0.25) is 0 Å². The summed E-state index contributed by atoms with van der Waals surface area (Å²) in [4.78, 5) is 0.0863. The Morgan fingerprint density at radius 2 is 1.90 bits per heavy atom. The molecule has 0 spiro atoms. The van der Waals surface area contributed by atoms with Crippen molar-refractivity contribution >= 4 is 71.5 Å². The van der Waals surface area contributed by atoms with E-state index in [1.807, 2.05) is 22.6 Å². The summed E-state index contributed by atoms with van der Waals surface area (Å²) in [5, 5.41) is 0.544. The van der Waals surface area contributed by atoms with Gasteiger partial charge in [0.1, 0.15) is 4.90 Å². The van der Waals surface area contributed by atoms with E-state index in [0.717, 1.165) is 0 Å². The van der Waals surface area contributed by atoms with Crippen molar-refractivity contribution < 1.29 is 8.42 Å². The van der Waals surface area contributed by atoms with Crippen LogP contribution in [0.4, 0.5) is 11.4 Å². The van der Waals surface area contributed by atoms with Crippen LogP contribution < -0.4 is 10.5 Å². The molecule has 20 heavy (non-hydrogen) atoms. The first-order valence-electron chi connectivity index (χ1n) is 5.32. The van der Waals surface area contributed by atoms with Crippen molar-refractivity contribution in [2.24, 2.45) is 0 Å². The molecule has 2 aromatic rings. The zero-order chi connectivity index (χ0) is 14.9. The third-order valence-corrected chi connectivity index (χ3v) is 5.91. The Bertz CT molecular complexity index is 768. The van der Waals surface area contributed by atoms with Crippen LogP contribution in [0.1, 0.15) is 0 Å². The standard InChI is InChI=1S/C12H9BrClIN2O2S/c13-9-3-2-8(16)6-12(9)20(18,19)17-11-4-1-7(14)5-10(11)15/h1-6,17H,16H2. The van der Waals surface area contributed by atoms with Crippen molar-refractivity contribution in [1.29, 1.82) is 0 Å². The highest BCUT2D eigenvalue weighted by Gasteiger charge is 2.19. The lowest BCUT2D eigenvalue weighted by molar-refractivity contribution is 0.601. The van der Waals surface area contributed by atoms with Gasteiger partial charge in [0, 0.05) is 18.8 Å². The summed E-state index contributed by atoms with van der Waals surface area (Å²) >= 11 is 11.1. The molecule has 0 saturated carbocycles. The number of halogens is 3. The number of anilines is 2. The van der Waals surface area contributed by atoms with E-state index in [4.69, 9.17) is 17.3 Å². The molecule has 0 bridgehead atoms. The lowest BCUT2D eigenvalue weighted by atomic mass is 10.3. The van der Waals surface area contributed by atoms with Gasteiger partial charge in [-0.1, -0.05) is 11.6 Å². The van der Waals surface area contributed by atoms with Crippen LogP contribution in [0.25, 0.3) is 0 Å². The van der Waals surface area contributed by atoms with Crippen LogP contribution in [0.2, 0.25) is 5.02 Å². The zero-order valence-electron chi connectivity index (χ0n) is 9.90.